The van der Waals surface area contributed by atoms with Crippen LogP contribution in [0.25, 0.3) is 11.5 Å². The van der Waals surface area contributed by atoms with E-state index >= 15 is 0 Å². The van der Waals surface area contributed by atoms with E-state index in [0.717, 1.165) is 37.2 Å². The Morgan fingerprint density at radius 2 is 2.11 bits per heavy atom. The predicted molar refractivity (Wildman–Crippen MR) is 68.8 cm³/mol. The van der Waals surface area contributed by atoms with Crippen molar-refractivity contribution in [2.75, 3.05) is 0 Å². The Bertz CT molecular complexity index is 545. The van der Waals surface area contributed by atoms with E-state index in [9.17, 15) is 0 Å². The first-order chi connectivity index (χ1) is 9.17. The molecular weight excluding hydrogens is 242 g/mol. The summed E-state index contributed by atoms with van der Waals surface area (Å²) in [6.45, 7) is 2.25. The minimum absolute atomic E-state index is 0.450. The number of hydrogen-bond donors (Lipinski definition) is 1. The zero-order valence-electron chi connectivity index (χ0n) is 10.9. The van der Waals surface area contributed by atoms with Gasteiger partial charge in [0.15, 0.2) is 5.82 Å². The Labute approximate surface area is 111 Å². The topological polar surface area (TPSA) is 90.7 Å². The van der Waals surface area contributed by atoms with Crippen LogP contribution in [0.5, 0.6) is 0 Å². The van der Waals surface area contributed by atoms with Crippen molar-refractivity contribution in [3.8, 4) is 11.5 Å². The van der Waals surface area contributed by atoms with Crippen LogP contribution in [0.1, 0.15) is 38.4 Å². The van der Waals surface area contributed by atoms with Crippen molar-refractivity contribution in [3.05, 3.63) is 24.3 Å². The standard InChI is InChI=1S/C13H17N5O/c1-9-2-5-13(14,6-3-9)12-17-11(19-18-12)10-4-7-15-16-8-10/h4,7-9H,2-3,5-6,14H2,1H3. The smallest absolute Gasteiger partial charge is 0.259 e. The van der Waals surface area contributed by atoms with Gasteiger partial charge in [0.2, 0.25) is 0 Å². The van der Waals surface area contributed by atoms with Crippen LogP contribution in [0.3, 0.4) is 0 Å². The second-order valence-corrected chi connectivity index (χ2v) is 5.39. The van der Waals surface area contributed by atoms with E-state index in [1.807, 2.05) is 0 Å². The van der Waals surface area contributed by atoms with Crippen LogP contribution >= 0.6 is 0 Å². The number of aromatic nitrogens is 4. The lowest BCUT2D eigenvalue weighted by atomic mass is 9.77. The highest BCUT2D eigenvalue weighted by molar-refractivity contribution is 5.49. The third-order valence-electron chi connectivity index (χ3n) is 3.87. The molecule has 100 valence electrons. The summed E-state index contributed by atoms with van der Waals surface area (Å²) < 4.78 is 5.29. The summed E-state index contributed by atoms with van der Waals surface area (Å²) in [5.74, 6) is 1.78. The molecule has 1 aliphatic rings. The molecule has 1 fully saturated rings. The fourth-order valence-corrected chi connectivity index (χ4v) is 2.46. The van der Waals surface area contributed by atoms with E-state index < -0.39 is 5.54 Å². The van der Waals surface area contributed by atoms with Gasteiger partial charge in [-0.2, -0.15) is 15.2 Å². The molecule has 0 unspecified atom stereocenters. The minimum Gasteiger partial charge on any atom is -0.334 e. The molecule has 2 N–H and O–H groups in total. The lowest BCUT2D eigenvalue weighted by Crippen LogP contribution is -2.41. The van der Waals surface area contributed by atoms with Crippen molar-refractivity contribution in [1.82, 2.24) is 20.3 Å². The Balaban J connectivity index is 1.85. The Kier molecular flexibility index (Phi) is 3.02. The fraction of sp³-hybridized carbons (Fsp3) is 0.538. The molecule has 0 amide bonds. The second kappa shape index (κ2) is 4.70. The highest BCUT2D eigenvalue weighted by atomic mass is 16.5. The molecule has 6 nitrogen and oxygen atoms in total. The Morgan fingerprint density at radius 1 is 1.32 bits per heavy atom. The predicted octanol–water partition coefficient (Wildman–Crippen LogP) is 1.89. The first-order valence-electron chi connectivity index (χ1n) is 6.57. The Hall–Kier alpha value is -1.82. The fourth-order valence-electron chi connectivity index (χ4n) is 2.46. The second-order valence-electron chi connectivity index (χ2n) is 5.39. The first-order valence-corrected chi connectivity index (χ1v) is 6.57. The molecule has 6 heteroatoms. The summed E-state index contributed by atoms with van der Waals surface area (Å²) in [6.07, 6.45) is 7.22. The van der Waals surface area contributed by atoms with Gasteiger partial charge in [-0.15, -0.1) is 0 Å². The highest BCUT2D eigenvalue weighted by Crippen LogP contribution is 2.36. The molecule has 2 heterocycles. The van der Waals surface area contributed by atoms with Crippen molar-refractivity contribution >= 4 is 0 Å². The first kappa shape index (κ1) is 12.2. The van der Waals surface area contributed by atoms with Crippen LogP contribution in [0.15, 0.2) is 23.0 Å². The molecule has 19 heavy (non-hydrogen) atoms. The van der Waals surface area contributed by atoms with E-state index in [4.69, 9.17) is 10.3 Å². The average Bonchev–Trinajstić information content (AvgIpc) is 2.94. The molecule has 3 rings (SSSR count). The molecule has 0 aliphatic heterocycles. The van der Waals surface area contributed by atoms with E-state index in [1.54, 1.807) is 18.5 Å². The molecule has 0 saturated heterocycles. The van der Waals surface area contributed by atoms with Gasteiger partial charge in [0.1, 0.15) is 0 Å². The number of nitrogens with two attached hydrogens (primary N) is 1. The van der Waals surface area contributed by atoms with Gasteiger partial charge in [-0.3, -0.25) is 0 Å². The molecule has 0 aromatic carbocycles. The van der Waals surface area contributed by atoms with Crippen LogP contribution in [0.4, 0.5) is 0 Å². The summed E-state index contributed by atoms with van der Waals surface area (Å²) in [4.78, 5) is 4.43. The van der Waals surface area contributed by atoms with Gasteiger partial charge in [0.05, 0.1) is 23.5 Å². The van der Waals surface area contributed by atoms with Crippen molar-refractivity contribution in [3.63, 3.8) is 0 Å². The molecular formula is C13H17N5O. The summed E-state index contributed by atoms with van der Waals surface area (Å²) in [5, 5.41) is 11.6. The molecule has 0 radical (unpaired) electrons. The summed E-state index contributed by atoms with van der Waals surface area (Å²) in [7, 11) is 0. The van der Waals surface area contributed by atoms with Crippen LogP contribution in [0.2, 0.25) is 0 Å². The largest absolute Gasteiger partial charge is 0.334 e. The van der Waals surface area contributed by atoms with Gasteiger partial charge in [-0.05, 0) is 37.7 Å². The van der Waals surface area contributed by atoms with E-state index in [2.05, 4.69) is 27.3 Å². The van der Waals surface area contributed by atoms with Gasteiger partial charge in [-0.1, -0.05) is 12.1 Å². The molecule has 0 spiro atoms. The molecule has 1 aliphatic carbocycles. The van der Waals surface area contributed by atoms with Crippen molar-refractivity contribution in [1.29, 1.82) is 0 Å². The highest BCUT2D eigenvalue weighted by Gasteiger charge is 2.36. The molecule has 0 bridgehead atoms. The van der Waals surface area contributed by atoms with Crippen molar-refractivity contribution < 1.29 is 4.52 Å². The monoisotopic (exact) mass is 259 g/mol. The molecule has 2 aromatic rings. The third kappa shape index (κ3) is 2.35. The maximum Gasteiger partial charge on any atom is 0.259 e. The SMILES string of the molecule is CC1CCC(N)(c2noc(-c3ccnnc3)n2)CC1. The van der Waals surface area contributed by atoms with Crippen LogP contribution in [-0.4, -0.2) is 20.3 Å². The van der Waals surface area contributed by atoms with Crippen LogP contribution in [-0.2, 0) is 5.54 Å². The van der Waals surface area contributed by atoms with E-state index in [0.29, 0.717) is 11.7 Å². The van der Waals surface area contributed by atoms with Gasteiger partial charge in [0.25, 0.3) is 5.89 Å². The van der Waals surface area contributed by atoms with Crippen LogP contribution < -0.4 is 5.73 Å². The summed E-state index contributed by atoms with van der Waals surface area (Å²) in [6, 6.07) is 1.79. The molecule has 2 aromatic heterocycles. The third-order valence-corrected chi connectivity index (χ3v) is 3.87. The molecule has 0 atom stereocenters. The van der Waals surface area contributed by atoms with Crippen LogP contribution in [0, 0.1) is 5.92 Å². The zero-order chi connectivity index (χ0) is 13.3. The van der Waals surface area contributed by atoms with Gasteiger partial charge < -0.3 is 10.3 Å². The van der Waals surface area contributed by atoms with Crippen molar-refractivity contribution in [2.45, 2.75) is 38.1 Å². The van der Waals surface area contributed by atoms with Gasteiger partial charge >= 0.3 is 0 Å². The maximum absolute atomic E-state index is 6.42. The van der Waals surface area contributed by atoms with Gasteiger partial charge in [0, 0.05) is 0 Å². The number of rotatable bonds is 2. The lowest BCUT2D eigenvalue weighted by molar-refractivity contribution is 0.230. The van der Waals surface area contributed by atoms with Gasteiger partial charge in [-0.25, -0.2) is 0 Å². The minimum atomic E-state index is -0.450. The average molecular weight is 259 g/mol. The van der Waals surface area contributed by atoms with E-state index in [-0.39, 0.29) is 0 Å². The Morgan fingerprint density at radius 3 is 2.79 bits per heavy atom. The normalized spacial score (nSPS) is 27.4. The lowest BCUT2D eigenvalue weighted by Gasteiger charge is -2.33. The summed E-state index contributed by atoms with van der Waals surface area (Å²) in [5.41, 5.74) is 6.74. The zero-order valence-corrected chi connectivity index (χ0v) is 10.9. The van der Waals surface area contributed by atoms with Crippen molar-refractivity contribution in [2.24, 2.45) is 11.7 Å². The summed E-state index contributed by atoms with van der Waals surface area (Å²) >= 11 is 0. The quantitative estimate of drug-likeness (QED) is 0.885. The number of hydrogen-bond acceptors (Lipinski definition) is 6. The number of nitrogens with zero attached hydrogens (tertiary/aromatic N) is 4. The van der Waals surface area contributed by atoms with E-state index in [1.165, 1.54) is 0 Å². The molecule has 1 saturated carbocycles. The maximum atomic E-state index is 6.42.